The molecule has 1 aromatic heterocycles. The number of benzene rings is 7. The summed E-state index contributed by atoms with van der Waals surface area (Å²) in [7, 11) is 1.94. The van der Waals surface area contributed by atoms with E-state index in [0.717, 1.165) is 18.5 Å². The Morgan fingerprint density at radius 1 is 0.611 bits per heavy atom. The molecule has 0 unspecified atom stereocenters. The molecule has 0 saturated carbocycles. The number of nitrogens with zero attached hydrogens (tertiary/aromatic N) is 1. The van der Waals surface area contributed by atoms with Gasteiger partial charge in [-0.1, -0.05) is 160 Å². The van der Waals surface area contributed by atoms with Crippen molar-refractivity contribution in [3.63, 3.8) is 0 Å². The number of rotatable bonds is 8. The highest BCUT2D eigenvalue weighted by atomic mass is 15.0. The lowest BCUT2D eigenvalue weighted by Crippen LogP contribution is -2.15. The summed E-state index contributed by atoms with van der Waals surface area (Å²) in [5.41, 5.74) is 17.0. The molecule has 2 nitrogen and oxygen atoms in total. The molecule has 0 aliphatic heterocycles. The number of aryl methyl sites for hydroxylation is 1. The molecule has 264 valence electrons. The van der Waals surface area contributed by atoms with E-state index in [0.29, 0.717) is 0 Å². The number of nitrogens with one attached hydrogen (secondary N) is 1. The zero-order chi connectivity index (χ0) is 37.1. The van der Waals surface area contributed by atoms with Gasteiger partial charge in [-0.15, -0.1) is 0 Å². The minimum absolute atomic E-state index is 0.0706. The van der Waals surface area contributed by atoms with E-state index in [4.69, 9.17) is 0 Å². The van der Waals surface area contributed by atoms with Gasteiger partial charge in [-0.2, -0.15) is 0 Å². The average Bonchev–Trinajstić information content (AvgIpc) is 3.68. The van der Waals surface area contributed by atoms with Gasteiger partial charge in [0, 0.05) is 34.6 Å². The molecule has 54 heavy (non-hydrogen) atoms. The first-order valence-corrected chi connectivity index (χ1v) is 18.9. The Hall–Kier alpha value is -6.38. The van der Waals surface area contributed by atoms with Crippen molar-refractivity contribution in [3.05, 3.63) is 211 Å². The van der Waals surface area contributed by atoms with Crippen LogP contribution in [-0.4, -0.2) is 11.6 Å². The summed E-state index contributed by atoms with van der Waals surface area (Å²) in [6.07, 6.45) is 6.09. The number of allylic oxidation sites excluding steroid dienone is 3. The molecule has 1 aliphatic rings. The van der Waals surface area contributed by atoms with Crippen LogP contribution in [0.3, 0.4) is 0 Å². The van der Waals surface area contributed by atoms with E-state index >= 15 is 0 Å². The fraction of sp³-hybridized carbons (Fsp3) is 0.115. The molecule has 0 spiro atoms. The van der Waals surface area contributed by atoms with Gasteiger partial charge >= 0.3 is 0 Å². The van der Waals surface area contributed by atoms with Gasteiger partial charge in [0.15, 0.2) is 0 Å². The van der Waals surface area contributed by atoms with E-state index in [9.17, 15) is 0 Å². The lowest BCUT2D eigenvalue weighted by atomic mass is 9.81. The SMILES string of the molecule is C=C/C=C(\CCc1ccc2c(c1)C(C)(C)c1ccccc1-2)c1ccccc1.CNc1ccc(-c2ccc3c(c2)c2ccccc2n3-c2ccccc2)cc1. The van der Waals surface area contributed by atoms with Crippen LogP contribution in [0, 0.1) is 0 Å². The highest BCUT2D eigenvalue weighted by Gasteiger charge is 2.35. The molecule has 1 heterocycles. The van der Waals surface area contributed by atoms with E-state index < -0.39 is 0 Å². The zero-order valence-corrected chi connectivity index (χ0v) is 31.4. The number of hydrogen-bond donors (Lipinski definition) is 1. The van der Waals surface area contributed by atoms with Gasteiger partial charge in [-0.25, -0.2) is 0 Å². The van der Waals surface area contributed by atoms with E-state index in [1.807, 2.05) is 13.1 Å². The first-order chi connectivity index (χ1) is 26.5. The van der Waals surface area contributed by atoms with Gasteiger partial charge < -0.3 is 9.88 Å². The first kappa shape index (κ1) is 34.7. The Labute approximate surface area is 319 Å². The van der Waals surface area contributed by atoms with E-state index in [-0.39, 0.29) is 5.41 Å². The molecule has 0 fully saturated rings. The van der Waals surface area contributed by atoms with Crippen molar-refractivity contribution in [2.45, 2.75) is 32.1 Å². The van der Waals surface area contributed by atoms with Gasteiger partial charge in [-0.05, 0) is 105 Å². The minimum Gasteiger partial charge on any atom is -0.388 e. The molecule has 9 rings (SSSR count). The van der Waals surface area contributed by atoms with Crippen LogP contribution in [0.4, 0.5) is 5.69 Å². The fourth-order valence-electron chi connectivity index (χ4n) is 8.14. The molecule has 7 aromatic carbocycles. The summed E-state index contributed by atoms with van der Waals surface area (Å²) < 4.78 is 2.35. The van der Waals surface area contributed by atoms with Gasteiger partial charge in [0.1, 0.15) is 0 Å². The molecule has 0 saturated heterocycles. The number of aromatic nitrogens is 1. The van der Waals surface area contributed by atoms with Crippen molar-refractivity contribution in [3.8, 4) is 27.9 Å². The summed E-state index contributed by atoms with van der Waals surface area (Å²) in [4.78, 5) is 0. The predicted molar refractivity (Wildman–Crippen MR) is 233 cm³/mol. The molecule has 0 bridgehead atoms. The van der Waals surface area contributed by atoms with Crippen molar-refractivity contribution in [2.24, 2.45) is 0 Å². The Morgan fingerprint density at radius 3 is 2.02 bits per heavy atom. The zero-order valence-electron chi connectivity index (χ0n) is 31.4. The van der Waals surface area contributed by atoms with Gasteiger partial charge in [-0.3, -0.25) is 0 Å². The molecule has 0 amide bonds. The van der Waals surface area contributed by atoms with Gasteiger partial charge in [0.2, 0.25) is 0 Å². The molecular weight excluding hydrogens is 653 g/mol. The normalized spacial score (nSPS) is 12.8. The second-order valence-corrected chi connectivity index (χ2v) is 14.6. The Balaban J connectivity index is 0.000000153. The third-order valence-electron chi connectivity index (χ3n) is 11.0. The van der Waals surface area contributed by atoms with Crippen LogP contribution >= 0.6 is 0 Å². The summed E-state index contributed by atoms with van der Waals surface area (Å²) in [5, 5.41) is 5.74. The van der Waals surface area contributed by atoms with Crippen LogP contribution in [0.5, 0.6) is 0 Å². The standard InChI is InChI=1S/C27H26.C25H20N2/c1-4-10-21(22-11-6-5-7-12-22)17-15-20-16-18-24-23-13-8-9-14-25(23)27(2,3)26(24)19-20;1-26-20-14-11-18(12-15-20)19-13-16-25-23(17-19)22-9-5-6-10-24(22)27(25)21-7-3-2-4-8-21/h4-14,16,18-19H,1,15,17H2,2-3H3;2-17,26H,1H3/b21-10+;. The van der Waals surface area contributed by atoms with Crippen LogP contribution in [0.2, 0.25) is 0 Å². The molecule has 8 aromatic rings. The predicted octanol–water partition coefficient (Wildman–Crippen LogP) is 13.7. The summed E-state index contributed by atoms with van der Waals surface area (Å²) in [5.74, 6) is 0. The lowest BCUT2D eigenvalue weighted by Gasteiger charge is -2.22. The smallest absolute Gasteiger partial charge is 0.0541 e. The first-order valence-electron chi connectivity index (χ1n) is 18.9. The maximum atomic E-state index is 3.89. The van der Waals surface area contributed by atoms with Crippen molar-refractivity contribution in [2.75, 3.05) is 12.4 Å². The Bertz CT molecular complexity index is 2600. The van der Waals surface area contributed by atoms with E-state index in [1.165, 1.54) is 77.6 Å². The van der Waals surface area contributed by atoms with E-state index in [2.05, 4.69) is 206 Å². The molecule has 0 radical (unpaired) electrons. The topological polar surface area (TPSA) is 17.0 Å². The lowest BCUT2D eigenvalue weighted by molar-refractivity contribution is 0.659. The summed E-state index contributed by atoms with van der Waals surface area (Å²) >= 11 is 0. The molecule has 1 aliphatic carbocycles. The quantitative estimate of drug-likeness (QED) is 0.156. The van der Waals surface area contributed by atoms with Crippen molar-refractivity contribution in [1.82, 2.24) is 4.57 Å². The number of hydrogen-bond acceptors (Lipinski definition) is 1. The average molecular weight is 699 g/mol. The minimum atomic E-state index is 0.0706. The highest BCUT2D eigenvalue weighted by Crippen LogP contribution is 2.48. The molecule has 0 atom stereocenters. The fourth-order valence-corrected chi connectivity index (χ4v) is 8.14. The van der Waals surface area contributed by atoms with Crippen molar-refractivity contribution in [1.29, 1.82) is 0 Å². The monoisotopic (exact) mass is 698 g/mol. The molecule has 1 N–H and O–H groups in total. The molecule has 2 heteroatoms. The number of para-hydroxylation sites is 2. The second-order valence-electron chi connectivity index (χ2n) is 14.6. The number of fused-ring (bicyclic) bond motifs is 6. The van der Waals surface area contributed by atoms with Crippen LogP contribution in [0.1, 0.15) is 42.5 Å². The van der Waals surface area contributed by atoms with Crippen LogP contribution < -0.4 is 5.32 Å². The van der Waals surface area contributed by atoms with Gasteiger partial charge in [0.25, 0.3) is 0 Å². The molecular formula is C52H46N2. The largest absolute Gasteiger partial charge is 0.388 e. The highest BCUT2D eigenvalue weighted by molar-refractivity contribution is 6.10. The van der Waals surface area contributed by atoms with Crippen LogP contribution in [0.25, 0.3) is 55.3 Å². The van der Waals surface area contributed by atoms with Crippen molar-refractivity contribution < 1.29 is 0 Å². The van der Waals surface area contributed by atoms with Gasteiger partial charge in [0.05, 0.1) is 11.0 Å². The van der Waals surface area contributed by atoms with Crippen molar-refractivity contribution >= 4 is 33.1 Å². The van der Waals surface area contributed by atoms with Crippen LogP contribution in [0.15, 0.2) is 189 Å². The Kier molecular flexibility index (Phi) is 9.59. The number of anilines is 1. The summed E-state index contributed by atoms with van der Waals surface area (Å²) in [6, 6.07) is 61.0. The third-order valence-corrected chi connectivity index (χ3v) is 11.0. The third kappa shape index (κ3) is 6.57. The summed E-state index contributed by atoms with van der Waals surface area (Å²) in [6.45, 7) is 8.58. The van der Waals surface area contributed by atoms with E-state index in [1.54, 1.807) is 0 Å². The maximum absolute atomic E-state index is 3.89. The Morgan fingerprint density at radius 2 is 1.26 bits per heavy atom. The maximum Gasteiger partial charge on any atom is 0.0541 e. The second kappa shape index (κ2) is 14.9. The van der Waals surface area contributed by atoms with Crippen LogP contribution in [-0.2, 0) is 11.8 Å².